The first kappa shape index (κ1) is 12.6. The number of hydrogen-bond acceptors (Lipinski definition) is 6. The monoisotopic (exact) mass is 286 g/mol. The van der Waals surface area contributed by atoms with Gasteiger partial charge in [0.05, 0.1) is 0 Å². The Kier molecular flexibility index (Phi) is 3.56. The van der Waals surface area contributed by atoms with Crippen LogP contribution in [0, 0.1) is 0 Å². The van der Waals surface area contributed by atoms with Gasteiger partial charge in [-0.3, -0.25) is 0 Å². The molecule has 0 atom stereocenters. The number of carbonyl (C=O) groups is 1. The molecule has 20 heavy (non-hydrogen) atoms. The molecular formula is C14H10N2O3S. The van der Waals surface area contributed by atoms with Crippen LogP contribution in [0.1, 0.15) is 15.6 Å². The summed E-state index contributed by atoms with van der Waals surface area (Å²) in [6.45, 7) is -0.0312. The standard InChI is InChI=1S/C14H10N2O3S/c17-14(11-7-4-8-20-11)18-9-12-15-16-13(19-12)10-5-2-1-3-6-10/h1-8H,9H2. The van der Waals surface area contributed by atoms with E-state index >= 15 is 0 Å². The fourth-order valence-corrected chi connectivity index (χ4v) is 2.22. The number of carbonyl (C=O) groups excluding carboxylic acids is 1. The zero-order valence-corrected chi connectivity index (χ0v) is 11.2. The fraction of sp³-hybridized carbons (Fsp3) is 0.0714. The molecule has 0 aliphatic rings. The van der Waals surface area contributed by atoms with E-state index < -0.39 is 0 Å². The third-order valence-corrected chi connectivity index (χ3v) is 3.39. The molecule has 0 amide bonds. The summed E-state index contributed by atoms with van der Waals surface area (Å²) in [7, 11) is 0. The van der Waals surface area contributed by atoms with Crippen molar-refractivity contribution in [2.75, 3.05) is 0 Å². The highest BCUT2D eigenvalue weighted by molar-refractivity contribution is 7.11. The number of nitrogens with zero attached hydrogens (tertiary/aromatic N) is 2. The van der Waals surface area contributed by atoms with Crippen molar-refractivity contribution in [2.45, 2.75) is 6.61 Å². The lowest BCUT2D eigenvalue weighted by Crippen LogP contribution is -2.03. The molecule has 5 nitrogen and oxygen atoms in total. The Balaban J connectivity index is 1.65. The van der Waals surface area contributed by atoms with Crippen molar-refractivity contribution in [3.63, 3.8) is 0 Å². The quantitative estimate of drug-likeness (QED) is 0.689. The van der Waals surface area contributed by atoms with E-state index in [1.165, 1.54) is 11.3 Å². The van der Waals surface area contributed by atoms with Crippen molar-refractivity contribution in [3.05, 3.63) is 58.6 Å². The first-order valence-electron chi connectivity index (χ1n) is 5.91. The molecule has 0 unspecified atom stereocenters. The molecular weight excluding hydrogens is 276 g/mol. The molecule has 0 aliphatic heterocycles. The normalized spacial score (nSPS) is 10.4. The summed E-state index contributed by atoms with van der Waals surface area (Å²) in [6.07, 6.45) is 0. The second kappa shape index (κ2) is 5.66. The van der Waals surface area contributed by atoms with Crippen LogP contribution in [0.3, 0.4) is 0 Å². The summed E-state index contributed by atoms with van der Waals surface area (Å²) < 4.78 is 10.5. The molecule has 100 valence electrons. The molecule has 0 N–H and O–H groups in total. The predicted molar refractivity (Wildman–Crippen MR) is 73.2 cm³/mol. The minimum absolute atomic E-state index is 0.0312. The summed E-state index contributed by atoms with van der Waals surface area (Å²) in [5.41, 5.74) is 0.829. The molecule has 3 aromatic rings. The summed E-state index contributed by atoms with van der Waals surface area (Å²) in [5.74, 6) is 0.293. The van der Waals surface area contributed by atoms with Gasteiger partial charge in [0.2, 0.25) is 5.89 Å². The molecule has 1 aromatic carbocycles. The zero-order chi connectivity index (χ0) is 13.8. The largest absolute Gasteiger partial charge is 0.451 e. The Morgan fingerprint density at radius 2 is 2.00 bits per heavy atom. The van der Waals surface area contributed by atoms with Crippen molar-refractivity contribution in [1.82, 2.24) is 10.2 Å². The highest BCUT2D eigenvalue weighted by atomic mass is 32.1. The van der Waals surface area contributed by atoms with Gasteiger partial charge >= 0.3 is 5.97 Å². The van der Waals surface area contributed by atoms with Crippen molar-refractivity contribution >= 4 is 17.3 Å². The number of ether oxygens (including phenoxy) is 1. The maximum atomic E-state index is 11.7. The number of hydrogen-bond donors (Lipinski definition) is 0. The van der Waals surface area contributed by atoms with Gasteiger partial charge < -0.3 is 9.15 Å². The Morgan fingerprint density at radius 3 is 2.75 bits per heavy atom. The highest BCUT2D eigenvalue weighted by Crippen LogP contribution is 2.17. The Morgan fingerprint density at radius 1 is 1.15 bits per heavy atom. The van der Waals surface area contributed by atoms with E-state index in [1.54, 1.807) is 12.1 Å². The van der Waals surface area contributed by atoms with Gasteiger partial charge in [-0.1, -0.05) is 24.3 Å². The lowest BCUT2D eigenvalue weighted by Gasteiger charge is -1.98. The molecule has 0 aliphatic carbocycles. The molecule has 2 aromatic heterocycles. The molecule has 0 bridgehead atoms. The van der Waals surface area contributed by atoms with E-state index in [4.69, 9.17) is 9.15 Å². The van der Waals surface area contributed by atoms with Crippen LogP contribution in [0.4, 0.5) is 0 Å². The smallest absolute Gasteiger partial charge is 0.348 e. The van der Waals surface area contributed by atoms with Crippen molar-refractivity contribution in [2.24, 2.45) is 0 Å². The van der Waals surface area contributed by atoms with E-state index in [0.717, 1.165) is 5.56 Å². The Labute approximate surface area is 118 Å². The number of esters is 1. The maximum absolute atomic E-state index is 11.7. The molecule has 2 heterocycles. The first-order chi connectivity index (χ1) is 9.83. The first-order valence-corrected chi connectivity index (χ1v) is 6.79. The minimum atomic E-state index is -0.389. The summed E-state index contributed by atoms with van der Waals surface area (Å²) >= 11 is 1.33. The van der Waals surface area contributed by atoms with Gasteiger partial charge in [-0.25, -0.2) is 4.79 Å². The Bertz CT molecular complexity index is 692. The van der Waals surface area contributed by atoms with Gasteiger partial charge in [0.15, 0.2) is 6.61 Å². The maximum Gasteiger partial charge on any atom is 0.348 e. The number of thiophene rings is 1. The fourth-order valence-electron chi connectivity index (χ4n) is 1.60. The van der Waals surface area contributed by atoms with E-state index in [9.17, 15) is 4.79 Å². The predicted octanol–water partition coefficient (Wildman–Crippen LogP) is 3.16. The Hall–Kier alpha value is -2.47. The lowest BCUT2D eigenvalue weighted by molar-refractivity contribution is 0.0444. The van der Waals surface area contributed by atoms with Crippen molar-refractivity contribution in [1.29, 1.82) is 0 Å². The molecule has 0 fully saturated rings. The topological polar surface area (TPSA) is 65.2 Å². The van der Waals surface area contributed by atoms with Crippen LogP contribution in [0.2, 0.25) is 0 Å². The van der Waals surface area contributed by atoms with E-state index in [2.05, 4.69) is 10.2 Å². The average Bonchev–Trinajstić information content (AvgIpc) is 3.17. The van der Waals surface area contributed by atoms with Gasteiger partial charge in [0.25, 0.3) is 5.89 Å². The second-order valence-corrected chi connectivity index (χ2v) is 4.87. The SMILES string of the molecule is O=C(OCc1nnc(-c2ccccc2)o1)c1cccs1. The summed E-state index contributed by atoms with van der Waals surface area (Å²) in [5, 5.41) is 9.59. The molecule has 0 spiro atoms. The van der Waals surface area contributed by atoms with Crippen molar-refractivity contribution in [3.8, 4) is 11.5 Å². The van der Waals surface area contributed by atoms with Crippen LogP contribution in [0.25, 0.3) is 11.5 Å². The highest BCUT2D eigenvalue weighted by Gasteiger charge is 2.12. The number of aromatic nitrogens is 2. The van der Waals surface area contributed by atoms with E-state index in [1.807, 2.05) is 35.7 Å². The van der Waals surface area contributed by atoms with E-state index in [-0.39, 0.29) is 18.5 Å². The summed E-state index contributed by atoms with van der Waals surface area (Å²) in [4.78, 5) is 12.2. The average molecular weight is 286 g/mol. The van der Waals surface area contributed by atoms with Gasteiger partial charge in [-0.05, 0) is 23.6 Å². The molecule has 0 saturated carbocycles. The lowest BCUT2D eigenvalue weighted by atomic mass is 10.2. The van der Waals surface area contributed by atoms with Gasteiger partial charge in [-0.15, -0.1) is 21.5 Å². The molecule has 0 saturated heterocycles. The summed E-state index contributed by atoms with van der Waals surface area (Å²) in [6, 6.07) is 12.9. The van der Waals surface area contributed by atoms with E-state index in [0.29, 0.717) is 10.8 Å². The van der Waals surface area contributed by atoms with Crippen LogP contribution >= 0.6 is 11.3 Å². The zero-order valence-electron chi connectivity index (χ0n) is 10.4. The van der Waals surface area contributed by atoms with Crippen LogP contribution in [-0.4, -0.2) is 16.2 Å². The number of benzene rings is 1. The third-order valence-electron chi connectivity index (χ3n) is 2.54. The van der Waals surface area contributed by atoms with Crippen LogP contribution in [-0.2, 0) is 11.3 Å². The van der Waals surface area contributed by atoms with Gasteiger partial charge in [0.1, 0.15) is 4.88 Å². The van der Waals surface area contributed by atoms with Gasteiger partial charge in [-0.2, -0.15) is 0 Å². The minimum Gasteiger partial charge on any atom is -0.451 e. The third kappa shape index (κ3) is 2.75. The molecule has 0 radical (unpaired) electrons. The van der Waals surface area contributed by atoms with Crippen LogP contribution in [0.15, 0.2) is 52.3 Å². The molecule has 6 heteroatoms. The van der Waals surface area contributed by atoms with Gasteiger partial charge in [0, 0.05) is 5.56 Å². The second-order valence-electron chi connectivity index (χ2n) is 3.92. The van der Waals surface area contributed by atoms with Crippen LogP contribution < -0.4 is 0 Å². The number of rotatable bonds is 4. The van der Waals surface area contributed by atoms with Crippen molar-refractivity contribution < 1.29 is 13.9 Å². The molecule has 3 rings (SSSR count). The van der Waals surface area contributed by atoms with Crippen LogP contribution in [0.5, 0.6) is 0 Å².